The fraction of sp³-hybridized carbons (Fsp3) is 0. The van der Waals surface area contributed by atoms with Crippen LogP contribution >= 0.6 is 0 Å². The molecule has 3 aliphatic heterocycles. The zero-order chi connectivity index (χ0) is 16.8. The Bertz CT molecular complexity index is 876. The van der Waals surface area contributed by atoms with Gasteiger partial charge < -0.3 is 4.84 Å². The van der Waals surface area contributed by atoms with Crippen LogP contribution in [0.2, 0.25) is 0 Å². The van der Waals surface area contributed by atoms with Crippen LogP contribution < -0.4 is 10.3 Å². The molecule has 4 rings (SSSR count). The van der Waals surface area contributed by atoms with Gasteiger partial charge in [-0.1, -0.05) is 12.1 Å². The van der Waals surface area contributed by atoms with E-state index in [1.165, 1.54) is 0 Å². The number of carbonyl (C=O) groups is 4. The summed E-state index contributed by atoms with van der Waals surface area (Å²) >= 11 is 0. The standard InChI is InChI=1S/C16H9N3O5/c20-11-5-6-12(21)18(11)15-9-3-1-2-4-10(9)24-17-16(15)19-13(22)7-8-14(19)23/h1-8,17H. The average molecular weight is 323 g/mol. The van der Waals surface area contributed by atoms with Crippen molar-refractivity contribution in [2.75, 3.05) is 0 Å². The van der Waals surface area contributed by atoms with E-state index in [2.05, 4.69) is 5.48 Å². The number of para-hydroxylation sites is 1. The number of rotatable bonds is 2. The minimum atomic E-state index is -0.602. The molecule has 8 nitrogen and oxygen atoms in total. The van der Waals surface area contributed by atoms with Crippen molar-refractivity contribution < 1.29 is 24.0 Å². The lowest BCUT2D eigenvalue weighted by Crippen LogP contribution is -2.44. The van der Waals surface area contributed by atoms with E-state index in [1.54, 1.807) is 24.3 Å². The number of hydrogen-bond donors (Lipinski definition) is 1. The van der Waals surface area contributed by atoms with E-state index in [0.717, 1.165) is 34.1 Å². The molecule has 0 aliphatic carbocycles. The topological polar surface area (TPSA) is 96.0 Å². The first-order chi connectivity index (χ1) is 11.6. The molecule has 1 N–H and O–H groups in total. The maximum Gasteiger partial charge on any atom is 0.259 e. The molecular formula is C16H9N3O5. The maximum absolute atomic E-state index is 12.1. The van der Waals surface area contributed by atoms with E-state index >= 15 is 0 Å². The number of carbonyl (C=O) groups excluding carboxylic acids is 4. The Labute approximate surface area is 135 Å². The van der Waals surface area contributed by atoms with Crippen LogP contribution in [0.25, 0.3) is 5.70 Å². The summed E-state index contributed by atoms with van der Waals surface area (Å²) in [5.74, 6) is -2.07. The monoisotopic (exact) mass is 323 g/mol. The maximum atomic E-state index is 12.1. The van der Waals surface area contributed by atoms with Gasteiger partial charge in [0.1, 0.15) is 5.70 Å². The zero-order valence-corrected chi connectivity index (χ0v) is 12.1. The van der Waals surface area contributed by atoms with E-state index in [4.69, 9.17) is 4.84 Å². The van der Waals surface area contributed by atoms with Crippen LogP contribution in [0.3, 0.4) is 0 Å². The number of imide groups is 2. The summed E-state index contributed by atoms with van der Waals surface area (Å²) in [7, 11) is 0. The molecule has 24 heavy (non-hydrogen) atoms. The largest absolute Gasteiger partial charge is 0.380 e. The predicted octanol–water partition coefficient (Wildman–Crippen LogP) is 0.0597. The molecule has 0 saturated carbocycles. The smallest absolute Gasteiger partial charge is 0.259 e. The van der Waals surface area contributed by atoms with Crippen LogP contribution in [-0.2, 0) is 19.2 Å². The van der Waals surface area contributed by atoms with Gasteiger partial charge in [-0.25, -0.2) is 15.3 Å². The second kappa shape index (κ2) is 4.92. The first-order valence-corrected chi connectivity index (χ1v) is 6.97. The van der Waals surface area contributed by atoms with Crippen LogP contribution in [0.1, 0.15) is 5.56 Å². The van der Waals surface area contributed by atoms with Crippen molar-refractivity contribution in [1.29, 1.82) is 0 Å². The van der Waals surface area contributed by atoms with E-state index in [-0.39, 0.29) is 11.5 Å². The molecule has 0 unspecified atom stereocenters. The van der Waals surface area contributed by atoms with E-state index < -0.39 is 23.6 Å². The van der Waals surface area contributed by atoms with Crippen LogP contribution in [0.4, 0.5) is 0 Å². The normalized spacial score (nSPS) is 19.2. The van der Waals surface area contributed by atoms with Crippen LogP contribution in [-0.4, -0.2) is 33.4 Å². The number of nitrogens with zero attached hydrogens (tertiary/aromatic N) is 2. The average Bonchev–Trinajstić information content (AvgIpc) is 3.08. The Kier molecular flexibility index (Phi) is 2.86. The third-order valence-corrected chi connectivity index (χ3v) is 3.69. The van der Waals surface area contributed by atoms with Crippen molar-refractivity contribution in [3.63, 3.8) is 0 Å². The van der Waals surface area contributed by atoms with Gasteiger partial charge in [0.15, 0.2) is 11.6 Å². The van der Waals surface area contributed by atoms with Crippen molar-refractivity contribution in [2.24, 2.45) is 0 Å². The lowest BCUT2D eigenvalue weighted by atomic mass is 10.1. The molecule has 0 fully saturated rings. The van der Waals surface area contributed by atoms with Crippen molar-refractivity contribution in [1.82, 2.24) is 15.3 Å². The Hall–Kier alpha value is -3.68. The second-order valence-electron chi connectivity index (χ2n) is 5.09. The first kappa shape index (κ1) is 13.9. The van der Waals surface area contributed by atoms with Crippen LogP contribution in [0.15, 0.2) is 54.4 Å². The summed E-state index contributed by atoms with van der Waals surface area (Å²) in [6.45, 7) is 0. The molecule has 0 atom stereocenters. The number of hydrogen-bond acceptors (Lipinski definition) is 6. The van der Waals surface area contributed by atoms with Crippen molar-refractivity contribution in [3.05, 3.63) is 60.0 Å². The summed E-state index contributed by atoms with van der Waals surface area (Å²) < 4.78 is 0. The summed E-state index contributed by atoms with van der Waals surface area (Å²) in [4.78, 5) is 55.3. The molecule has 3 heterocycles. The van der Waals surface area contributed by atoms with Gasteiger partial charge >= 0.3 is 0 Å². The molecular weight excluding hydrogens is 314 g/mol. The Morgan fingerprint density at radius 3 is 1.92 bits per heavy atom. The fourth-order valence-corrected chi connectivity index (χ4v) is 2.65. The van der Waals surface area contributed by atoms with Gasteiger partial charge in [-0.15, -0.1) is 0 Å². The molecule has 0 spiro atoms. The molecule has 0 bridgehead atoms. The van der Waals surface area contributed by atoms with Crippen LogP contribution in [0, 0.1) is 0 Å². The number of amides is 4. The Morgan fingerprint density at radius 1 is 0.750 bits per heavy atom. The number of benzene rings is 1. The van der Waals surface area contributed by atoms with E-state index in [1.807, 2.05) is 0 Å². The van der Waals surface area contributed by atoms with Gasteiger partial charge in [-0.3, -0.25) is 19.2 Å². The summed E-state index contributed by atoms with van der Waals surface area (Å²) in [6.07, 6.45) is 4.44. The second-order valence-corrected chi connectivity index (χ2v) is 5.09. The summed E-state index contributed by atoms with van der Waals surface area (Å²) in [5.41, 5.74) is 2.99. The summed E-state index contributed by atoms with van der Waals surface area (Å²) in [5, 5.41) is 0. The highest BCUT2D eigenvalue weighted by Crippen LogP contribution is 2.36. The minimum Gasteiger partial charge on any atom is -0.380 e. The van der Waals surface area contributed by atoms with E-state index in [9.17, 15) is 19.2 Å². The number of fused-ring (bicyclic) bond motifs is 1. The number of nitrogens with one attached hydrogen (secondary N) is 1. The predicted molar refractivity (Wildman–Crippen MR) is 79.1 cm³/mol. The SMILES string of the molecule is O=C1C=CC(=O)N1C1=C(N2C(=O)C=CC2=O)c2ccccc2ON1. The molecule has 1 aromatic carbocycles. The highest BCUT2D eigenvalue weighted by Gasteiger charge is 2.39. The molecule has 0 radical (unpaired) electrons. The molecule has 118 valence electrons. The highest BCUT2D eigenvalue weighted by molar-refractivity contribution is 6.20. The van der Waals surface area contributed by atoms with Gasteiger partial charge in [0.2, 0.25) is 0 Å². The molecule has 0 saturated heterocycles. The van der Waals surface area contributed by atoms with E-state index in [0.29, 0.717) is 11.3 Å². The van der Waals surface area contributed by atoms with Gasteiger partial charge in [0.25, 0.3) is 23.6 Å². The highest BCUT2D eigenvalue weighted by atomic mass is 16.7. The molecule has 3 aliphatic rings. The minimum absolute atomic E-state index is 0.0842. The van der Waals surface area contributed by atoms with Crippen molar-refractivity contribution >= 4 is 29.3 Å². The molecule has 4 amide bonds. The third kappa shape index (κ3) is 1.86. The summed E-state index contributed by atoms with van der Waals surface area (Å²) in [6, 6.07) is 6.66. The molecule has 0 aromatic heterocycles. The quantitative estimate of drug-likeness (QED) is 0.773. The fourth-order valence-electron chi connectivity index (χ4n) is 2.65. The van der Waals surface area contributed by atoms with Gasteiger partial charge in [0.05, 0.1) is 0 Å². The molecule has 1 aromatic rings. The van der Waals surface area contributed by atoms with Gasteiger partial charge in [-0.05, 0) is 12.1 Å². The van der Waals surface area contributed by atoms with Crippen molar-refractivity contribution in [3.8, 4) is 5.75 Å². The number of hydroxylamine groups is 1. The van der Waals surface area contributed by atoms with Gasteiger partial charge in [-0.2, -0.15) is 0 Å². The lowest BCUT2D eigenvalue weighted by Gasteiger charge is -2.31. The molecule has 8 heteroatoms. The van der Waals surface area contributed by atoms with Crippen molar-refractivity contribution in [2.45, 2.75) is 0 Å². The van der Waals surface area contributed by atoms with Crippen LogP contribution in [0.5, 0.6) is 5.75 Å². The van der Waals surface area contributed by atoms with Gasteiger partial charge in [0, 0.05) is 29.9 Å². The third-order valence-electron chi connectivity index (χ3n) is 3.69. The first-order valence-electron chi connectivity index (χ1n) is 6.97. The Morgan fingerprint density at radius 2 is 1.29 bits per heavy atom. The lowest BCUT2D eigenvalue weighted by molar-refractivity contribution is -0.137. The zero-order valence-electron chi connectivity index (χ0n) is 12.1. The Balaban J connectivity index is 1.95.